The van der Waals surface area contributed by atoms with Gasteiger partial charge in [0.2, 0.25) is 0 Å². The Morgan fingerprint density at radius 3 is 2.29 bits per heavy atom. The van der Waals surface area contributed by atoms with Gasteiger partial charge in [0.15, 0.2) is 6.29 Å². The highest BCUT2D eigenvalue weighted by atomic mass is 16.5. The number of aldehydes is 1. The summed E-state index contributed by atoms with van der Waals surface area (Å²) in [5, 5.41) is 0. The van der Waals surface area contributed by atoms with Crippen molar-refractivity contribution in [3.63, 3.8) is 0 Å². The molecule has 168 valence electrons. The summed E-state index contributed by atoms with van der Waals surface area (Å²) in [6, 6.07) is 12.1. The largest absolute Gasteiger partial charge is 0.497 e. The van der Waals surface area contributed by atoms with Crippen LogP contribution in [0.2, 0.25) is 0 Å². The van der Waals surface area contributed by atoms with Gasteiger partial charge >= 0.3 is 0 Å². The molecule has 0 radical (unpaired) electrons. The number of hydrogen-bond acceptors (Lipinski definition) is 5. The number of rotatable bonds is 10. The standard InChI is InChI=1S/C26H35NO4/c1-5-7-20(6-2)27-14-12-22(13-15-27)31-23-16-24(25(18-28)26(17-23)30-4)19-8-10-21(29-3)11-9-19/h8-11,16-18,20,22H,5-7,12-15H2,1-4H3. The molecule has 1 fully saturated rings. The molecule has 0 saturated carbocycles. The van der Waals surface area contributed by atoms with Crippen LogP contribution in [0.4, 0.5) is 0 Å². The number of ether oxygens (including phenoxy) is 3. The molecule has 0 aromatic heterocycles. The van der Waals surface area contributed by atoms with E-state index in [4.69, 9.17) is 14.2 Å². The summed E-state index contributed by atoms with van der Waals surface area (Å²) in [7, 11) is 3.22. The van der Waals surface area contributed by atoms with Gasteiger partial charge in [-0.15, -0.1) is 0 Å². The highest BCUT2D eigenvalue weighted by Crippen LogP contribution is 2.36. The minimum atomic E-state index is 0.172. The Labute approximate surface area is 186 Å². The van der Waals surface area contributed by atoms with Gasteiger partial charge in [0.25, 0.3) is 0 Å². The van der Waals surface area contributed by atoms with E-state index in [1.165, 1.54) is 19.3 Å². The Balaban J connectivity index is 1.78. The van der Waals surface area contributed by atoms with Crippen LogP contribution in [0, 0.1) is 0 Å². The van der Waals surface area contributed by atoms with E-state index in [9.17, 15) is 4.79 Å². The van der Waals surface area contributed by atoms with Crippen LogP contribution in [0.25, 0.3) is 11.1 Å². The predicted octanol–water partition coefficient (Wildman–Crippen LogP) is 5.61. The molecule has 1 aliphatic heterocycles. The van der Waals surface area contributed by atoms with Crippen molar-refractivity contribution in [2.75, 3.05) is 27.3 Å². The summed E-state index contributed by atoms with van der Waals surface area (Å²) in [6.45, 7) is 6.68. The van der Waals surface area contributed by atoms with Crippen LogP contribution in [0.15, 0.2) is 36.4 Å². The van der Waals surface area contributed by atoms with Crippen molar-refractivity contribution >= 4 is 6.29 Å². The highest BCUT2D eigenvalue weighted by Gasteiger charge is 2.25. The number of piperidine rings is 1. The van der Waals surface area contributed by atoms with E-state index < -0.39 is 0 Å². The maximum atomic E-state index is 11.8. The Morgan fingerprint density at radius 1 is 1.03 bits per heavy atom. The predicted molar refractivity (Wildman–Crippen MR) is 125 cm³/mol. The van der Waals surface area contributed by atoms with Crippen LogP contribution in [-0.2, 0) is 0 Å². The number of carbonyl (C=O) groups excluding carboxylic acids is 1. The second-order valence-corrected chi connectivity index (χ2v) is 8.14. The number of carbonyl (C=O) groups is 1. The van der Waals surface area contributed by atoms with E-state index in [0.29, 0.717) is 17.4 Å². The Morgan fingerprint density at radius 2 is 1.74 bits per heavy atom. The van der Waals surface area contributed by atoms with E-state index in [2.05, 4.69) is 18.7 Å². The molecule has 3 rings (SSSR count). The first-order valence-corrected chi connectivity index (χ1v) is 11.4. The summed E-state index contributed by atoms with van der Waals surface area (Å²) in [5.74, 6) is 2.05. The first-order chi connectivity index (χ1) is 15.1. The molecular weight excluding hydrogens is 390 g/mol. The molecule has 31 heavy (non-hydrogen) atoms. The quantitative estimate of drug-likeness (QED) is 0.463. The first kappa shape index (κ1) is 23.1. The normalized spacial score (nSPS) is 16.0. The number of benzene rings is 2. The summed E-state index contributed by atoms with van der Waals surface area (Å²) in [6.07, 6.45) is 6.73. The van der Waals surface area contributed by atoms with Crippen molar-refractivity contribution in [1.82, 2.24) is 4.90 Å². The summed E-state index contributed by atoms with van der Waals surface area (Å²) in [4.78, 5) is 14.4. The number of methoxy groups -OCH3 is 2. The van der Waals surface area contributed by atoms with Crippen molar-refractivity contribution in [3.8, 4) is 28.4 Å². The van der Waals surface area contributed by atoms with Gasteiger partial charge in [-0.3, -0.25) is 4.79 Å². The van der Waals surface area contributed by atoms with Crippen LogP contribution < -0.4 is 14.2 Å². The molecule has 1 aliphatic rings. The molecule has 2 aromatic rings. The lowest BCUT2D eigenvalue weighted by Crippen LogP contribution is -2.43. The Kier molecular flexibility index (Phi) is 8.35. The topological polar surface area (TPSA) is 48.0 Å². The lowest BCUT2D eigenvalue weighted by molar-refractivity contribution is 0.0708. The Bertz CT molecular complexity index is 841. The van der Waals surface area contributed by atoms with Crippen molar-refractivity contribution in [3.05, 3.63) is 42.0 Å². The molecule has 5 heteroatoms. The molecule has 1 heterocycles. The average molecular weight is 426 g/mol. The molecule has 5 nitrogen and oxygen atoms in total. The molecule has 0 bridgehead atoms. The summed E-state index contributed by atoms with van der Waals surface area (Å²) in [5.41, 5.74) is 2.26. The third-order valence-corrected chi connectivity index (χ3v) is 6.24. The molecular formula is C26H35NO4. The maximum absolute atomic E-state index is 11.8. The summed E-state index contributed by atoms with van der Waals surface area (Å²) >= 11 is 0. The van der Waals surface area contributed by atoms with E-state index in [1.807, 2.05) is 36.4 Å². The van der Waals surface area contributed by atoms with E-state index in [0.717, 1.165) is 54.8 Å². The van der Waals surface area contributed by atoms with Gasteiger partial charge in [-0.25, -0.2) is 0 Å². The molecule has 0 aliphatic carbocycles. The summed E-state index contributed by atoms with van der Waals surface area (Å²) < 4.78 is 17.2. The van der Waals surface area contributed by atoms with E-state index in [-0.39, 0.29) is 6.10 Å². The molecule has 0 spiro atoms. The third kappa shape index (κ3) is 5.59. The van der Waals surface area contributed by atoms with Gasteiger partial charge in [-0.1, -0.05) is 32.4 Å². The minimum Gasteiger partial charge on any atom is -0.497 e. The van der Waals surface area contributed by atoms with Crippen LogP contribution in [0.1, 0.15) is 56.3 Å². The number of nitrogens with zero attached hydrogens (tertiary/aromatic N) is 1. The Hall–Kier alpha value is -2.53. The lowest BCUT2D eigenvalue weighted by atomic mass is 9.98. The van der Waals surface area contributed by atoms with E-state index in [1.54, 1.807) is 14.2 Å². The number of hydrogen-bond donors (Lipinski definition) is 0. The highest BCUT2D eigenvalue weighted by molar-refractivity contribution is 5.92. The fourth-order valence-corrected chi connectivity index (χ4v) is 4.50. The van der Waals surface area contributed by atoms with Gasteiger partial charge < -0.3 is 19.1 Å². The monoisotopic (exact) mass is 425 g/mol. The van der Waals surface area contributed by atoms with Gasteiger partial charge in [0.1, 0.15) is 23.4 Å². The SMILES string of the molecule is CCCC(CC)N1CCC(Oc2cc(OC)c(C=O)c(-c3ccc(OC)cc3)c2)CC1. The zero-order valence-electron chi connectivity index (χ0n) is 19.2. The van der Waals surface area contributed by atoms with Crippen molar-refractivity contribution in [2.45, 2.75) is 58.1 Å². The van der Waals surface area contributed by atoms with Crippen LogP contribution >= 0.6 is 0 Å². The molecule has 0 N–H and O–H groups in total. The minimum absolute atomic E-state index is 0.172. The zero-order valence-corrected chi connectivity index (χ0v) is 19.2. The fraction of sp³-hybridized carbons (Fsp3) is 0.500. The first-order valence-electron chi connectivity index (χ1n) is 11.4. The molecule has 1 atom stereocenters. The smallest absolute Gasteiger partial charge is 0.154 e. The van der Waals surface area contributed by atoms with Crippen LogP contribution in [0.5, 0.6) is 17.2 Å². The van der Waals surface area contributed by atoms with Gasteiger partial charge in [-0.05, 0) is 55.0 Å². The van der Waals surface area contributed by atoms with Gasteiger partial charge in [0, 0.05) is 25.2 Å². The maximum Gasteiger partial charge on any atom is 0.154 e. The molecule has 1 unspecified atom stereocenters. The van der Waals surface area contributed by atoms with Gasteiger partial charge in [-0.2, -0.15) is 0 Å². The lowest BCUT2D eigenvalue weighted by Gasteiger charge is -2.37. The van der Waals surface area contributed by atoms with Crippen LogP contribution in [-0.4, -0.2) is 50.6 Å². The second-order valence-electron chi connectivity index (χ2n) is 8.14. The zero-order chi connectivity index (χ0) is 22.2. The number of likely N-dealkylation sites (tertiary alicyclic amines) is 1. The average Bonchev–Trinajstić information content (AvgIpc) is 2.82. The second kappa shape index (κ2) is 11.2. The van der Waals surface area contributed by atoms with Crippen molar-refractivity contribution in [1.29, 1.82) is 0 Å². The van der Waals surface area contributed by atoms with Crippen molar-refractivity contribution in [2.24, 2.45) is 0 Å². The van der Waals surface area contributed by atoms with Gasteiger partial charge in [0.05, 0.1) is 19.8 Å². The van der Waals surface area contributed by atoms with Crippen LogP contribution in [0.3, 0.4) is 0 Å². The molecule has 2 aromatic carbocycles. The molecule has 1 saturated heterocycles. The third-order valence-electron chi connectivity index (χ3n) is 6.24. The molecule has 0 amide bonds. The fourth-order valence-electron chi connectivity index (χ4n) is 4.50. The van der Waals surface area contributed by atoms with Crippen molar-refractivity contribution < 1.29 is 19.0 Å². The van der Waals surface area contributed by atoms with E-state index >= 15 is 0 Å².